The van der Waals surface area contributed by atoms with Crippen LogP contribution in [0.2, 0.25) is 0 Å². The average Bonchev–Trinajstić information content (AvgIpc) is 3.72. The molecular weight excluding hydrogens is 692 g/mol. The molecule has 252 valence electrons. The maximum Gasteiger partial charge on any atom is 0.265 e. The molecule has 3 saturated heterocycles. The summed E-state index contributed by atoms with van der Waals surface area (Å²) in [5.41, 5.74) is -2.12. The number of rotatable bonds is 2. The van der Waals surface area contributed by atoms with Crippen LogP contribution in [0.1, 0.15) is 12.5 Å². The number of ether oxygens (including phenoxy) is 2. The predicted octanol–water partition coefficient (Wildman–Crippen LogP) is 1.60. The number of fused-ring (bicyclic) bond motifs is 4. The molecule has 4 aromatic heterocycles. The van der Waals surface area contributed by atoms with Crippen LogP contribution in [-0.2, 0) is 50.8 Å². The molecule has 3 fully saturated rings. The summed E-state index contributed by atoms with van der Waals surface area (Å²) in [7, 11) is 4.66. The Morgan fingerprint density at radius 3 is 1.50 bits per heavy atom. The summed E-state index contributed by atoms with van der Waals surface area (Å²) in [5, 5.41) is -0.933. The maximum atomic E-state index is 16.0. The van der Waals surface area contributed by atoms with Crippen LogP contribution in [0.4, 0.5) is 17.6 Å². The monoisotopic (exact) mass is 714 g/mol. The molecule has 7 rings (SSSR count). The smallest absolute Gasteiger partial charge is 0.265 e. The molecule has 3 aliphatic heterocycles. The van der Waals surface area contributed by atoms with Gasteiger partial charge in [-0.1, -0.05) is 0 Å². The number of aryl methyl sites for hydroxylation is 2. The van der Waals surface area contributed by atoms with E-state index in [4.69, 9.17) is 42.7 Å². The summed E-state index contributed by atoms with van der Waals surface area (Å²) in [6.07, 6.45) is -11.4. The van der Waals surface area contributed by atoms with Gasteiger partial charge in [-0.05, 0) is 0 Å². The largest absolute Gasteiger partial charge is 0.346 e. The Kier molecular flexibility index (Phi) is 8.19. The Bertz CT molecular complexity index is 2020. The summed E-state index contributed by atoms with van der Waals surface area (Å²) >= 11 is 0. The fourth-order valence-electron chi connectivity index (χ4n) is 5.86. The third-order valence-electron chi connectivity index (χ3n) is 8.15. The van der Waals surface area contributed by atoms with Gasteiger partial charge in [0.05, 0.1) is 25.9 Å². The van der Waals surface area contributed by atoms with E-state index in [9.17, 15) is 27.5 Å². The Hall–Kier alpha value is -3.09. The van der Waals surface area contributed by atoms with Crippen LogP contribution < -0.4 is 11.1 Å². The van der Waals surface area contributed by atoms with Crippen LogP contribution in [0.15, 0.2) is 34.6 Å². The molecule has 0 amide bonds. The molecule has 24 heteroatoms. The van der Waals surface area contributed by atoms with Crippen molar-refractivity contribution in [3.8, 4) is 0 Å². The molecule has 3 aliphatic rings. The van der Waals surface area contributed by atoms with Gasteiger partial charge in [-0.3, -0.25) is 27.9 Å². The fourth-order valence-corrected chi connectivity index (χ4v) is 7.88. The van der Waals surface area contributed by atoms with Gasteiger partial charge in [0, 0.05) is 26.5 Å². The normalized spacial score (nSPS) is 36.1. The van der Waals surface area contributed by atoms with E-state index in [-0.39, 0.29) is 11.3 Å². The quantitative estimate of drug-likeness (QED) is 0.167. The number of hydrogen-bond acceptors (Lipinski definition) is 12. The number of hydrogen-bond donors (Lipinski definition) is 0. The minimum Gasteiger partial charge on any atom is -0.346 e. The van der Waals surface area contributed by atoms with E-state index in [1.807, 2.05) is 0 Å². The van der Waals surface area contributed by atoms with Crippen molar-refractivity contribution in [1.82, 2.24) is 28.2 Å². The van der Waals surface area contributed by atoms with E-state index < -0.39 is 111 Å². The van der Waals surface area contributed by atoms with Crippen molar-refractivity contribution in [1.29, 1.82) is 0 Å². The van der Waals surface area contributed by atoms with Crippen LogP contribution in [0.5, 0.6) is 0 Å². The topological polar surface area (TPSA) is 169 Å². The van der Waals surface area contributed by atoms with E-state index in [2.05, 4.69) is 9.97 Å². The van der Waals surface area contributed by atoms with Gasteiger partial charge in [0.2, 0.25) is 15.1 Å². The van der Waals surface area contributed by atoms with Crippen molar-refractivity contribution >= 4 is 52.1 Å². The van der Waals surface area contributed by atoms with Crippen molar-refractivity contribution in [2.45, 2.75) is 49.2 Å². The van der Waals surface area contributed by atoms with Crippen molar-refractivity contribution in [2.24, 2.45) is 14.1 Å². The second kappa shape index (κ2) is 11.8. The summed E-state index contributed by atoms with van der Waals surface area (Å²) in [4.78, 5) is 32.9. The molecular formula is C24H22B2F4N6O10P2. The zero-order valence-corrected chi connectivity index (χ0v) is 26.5. The van der Waals surface area contributed by atoms with Gasteiger partial charge in [0.25, 0.3) is 26.1 Å². The van der Waals surface area contributed by atoms with Crippen LogP contribution in [0, 0.1) is 11.6 Å². The lowest BCUT2D eigenvalue weighted by atomic mass is 10.1. The molecule has 0 N–H and O–H groups in total. The number of aromatic nitrogens is 6. The number of halogens is 4. The SMILES string of the molecule is [B]P1(=O)OC[C@H]2O[C@@H](n3cc(F)c4c(=O)n(C)cnc43)C(F)[C@H]2OP([B])(=O)OC[C@H]2O[C@@H](n3cc(F)c4c(=O)n(C)cnc43)[C@@H](F)C2O1. The molecule has 0 bridgehead atoms. The van der Waals surface area contributed by atoms with E-state index in [0.717, 1.165) is 43.3 Å². The summed E-state index contributed by atoms with van der Waals surface area (Å²) in [6, 6.07) is 0. The molecule has 7 heterocycles. The molecule has 0 saturated carbocycles. The molecule has 4 radical (unpaired) electrons. The Labute approximate surface area is 268 Å². The number of nitrogens with zero attached hydrogens (tertiary/aromatic N) is 6. The average molecular weight is 714 g/mol. The van der Waals surface area contributed by atoms with E-state index in [1.54, 1.807) is 0 Å². The molecule has 4 aromatic rings. The first-order valence-electron chi connectivity index (χ1n) is 14.0. The van der Waals surface area contributed by atoms with Crippen LogP contribution in [0.25, 0.3) is 22.1 Å². The minimum atomic E-state index is -4.77. The molecule has 16 nitrogen and oxygen atoms in total. The lowest BCUT2D eigenvalue weighted by Gasteiger charge is -2.29. The second-order valence-electron chi connectivity index (χ2n) is 11.3. The summed E-state index contributed by atoms with van der Waals surface area (Å²) in [5.74, 6) is -2.07. The molecule has 48 heavy (non-hydrogen) atoms. The van der Waals surface area contributed by atoms with Gasteiger partial charge in [0.1, 0.15) is 35.2 Å². The van der Waals surface area contributed by atoms with Crippen LogP contribution in [0.3, 0.4) is 0 Å². The Balaban J connectivity index is 1.18. The van der Waals surface area contributed by atoms with Gasteiger partial charge < -0.3 is 36.7 Å². The Morgan fingerprint density at radius 1 is 0.750 bits per heavy atom. The highest BCUT2D eigenvalue weighted by Crippen LogP contribution is 2.54. The first kappa shape index (κ1) is 33.4. The highest BCUT2D eigenvalue weighted by molar-refractivity contribution is 7.79. The first-order valence-corrected chi connectivity index (χ1v) is 17.2. The lowest BCUT2D eigenvalue weighted by Crippen LogP contribution is -2.37. The summed E-state index contributed by atoms with van der Waals surface area (Å²) in [6.45, 7) is -1.77. The first-order chi connectivity index (χ1) is 22.6. The zero-order chi connectivity index (χ0) is 34.4. The highest BCUT2D eigenvalue weighted by Gasteiger charge is 2.54. The van der Waals surface area contributed by atoms with Gasteiger partial charge in [-0.2, -0.15) is 0 Å². The van der Waals surface area contributed by atoms with Crippen molar-refractivity contribution in [3.63, 3.8) is 0 Å². The third-order valence-corrected chi connectivity index (χ3v) is 10.2. The molecule has 0 aromatic carbocycles. The highest BCUT2D eigenvalue weighted by atomic mass is 31.2. The summed E-state index contributed by atoms with van der Waals surface area (Å²) < 4.78 is 124. The molecule has 4 unspecified atom stereocenters. The molecule has 0 aliphatic carbocycles. The fraction of sp³-hybridized carbons (Fsp3) is 0.500. The second-order valence-corrected chi connectivity index (χ2v) is 14.4. The molecule has 0 spiro atoms. The van der Waals surface area contributed by atoms with Crippen LogP contribution in [-0.4, -0.2) is 93.3 Å². The van der Waals surface area contributed by atoms with Gasteiger partial charge >= 0.3 is 0 Å². The Morgan fingerprint density at radius 2 is 1.12 bits per heavy atom. The lowest BCUT2D eigenvalue weighted by molar-refractivity contribution is -0.0547. The third kappa shape index (κ3) is 5.51. The van der Waals surface area contributed by atoms with E-state index in [1.165, 1.54) is 14.1 Å². The van der Waals surface area contributed by atoms with Gasteiger partial charge in [-0.25, -0.2) is 27.5 Å². The number of alkyl halides is 2. The van der Waals surface area contributed by atoms with Gasteiger partial charge in [0.15, 0.2) is 47.7 Å². The van der Waals surface area contributed by atoms with E-state index in [0.29, 0.717) is 0 Å². The molecule has 10 atom stereocenters. The standard InChI is InChI=1S/C24H22B2F4N6O10P2/c1-33-7-31-19-13(21(33)37)9(27)3-35(19)23-15(29)17-11(43-23)5-41-48(26,40)46-18-12(6-42-47(25,39)45-17)44-24(16(18)30)36-4-10(28)14-20(36)32-8-34(2)22(14)38/h3-4,7-8,11-12,15-18,23-24H,5-6H2,1-2H3/t11-,12-,15+,16?,17?,18+,23-,24-,47?,48?/m1/s1. The zero-order valence-electron chi connectivity index (χ0n) is 24.7. The van der Waals surface area contributed by atoms with E-state index >= 15 is 8.78 Å². The van der Waals surface area contributed by atoms with Crippen molar-refractivity contribution < 1.29 is 54.3 Å². The van der Waals surface area contributed by atoms with Crippen LogP contribution >= 0.6 is 14.9 Å². The maximum absolute atomic E-state index is 16.0. The minimum absolute atomic E-state index is 0.291. The predicted molar refractivity (Wildman–Crippen MR) is 156 cm³/mol. The van der Waals surface area contributed by atoms with Crippen molar-refractivity contribution in [3.05, 3.63) is 57.4 Å². The van der Waals surface area contributed by atoms with Gasteiger partial charge in [-0.15, -0.1) is 0 Å². The van der Waals surface area contributed by atoms with Crippen molar-refractivity contribution in [2.75, 3.05) is 13.2 Å².